The van der Waals surface area contributed by atoms with Gasteiger partial charge in [-0.25, -0.2) is 0 Å². The molecule has 0 amide bonds. The van der Waals surface area contributed by atoms with Gasteiger partial charge in [0.25, 0.3) is 0 Å². The van der Waals surface area contributed by atoms with E-state index >= 15 is 0 Å². The van der Waals surface area contributed by atoms with Crippen molar-refractivity contribution >= 4 is 0 Å². The Hall–Kier alpha value is -0.840. The molecule has 0 spiro atoms. The highest BCUT2D eigenvalue weighted by atomic mass is 16.5. The van der Waals surface area contributed by atoms with E-state index in [0.29, 0.717) is 25.6 Å². The first-order chi connectivity index (χ1) is 8.11. The van der Waals surface area contributed by atoms with Crippen molar-refractivity contribution in [3.8, 4) is 0 Å². The van der Waals surface area contributed by atoms with E-state index in [9.17, 15) is 5.11 Å². The average molecular weight is 241 g/mol. The molecule has 4 heteroatoms. The van der Waals surface area contributed by atoms with Gasteiger partial charge in [0.1, 0.15) is 18.1 Å². The lowest BCUT2D eigenvalue weighted by atomic mass is 10.1. The molecule has 17 heavy (non-hydrogen) atoms. The molecule has 4 nitrogen and oxygen atoms in total. The summed E-state index contributed by atoms with van der Waals surface area (Å²) in [6.07, 6.45) is 0.531. The summed E-state index contributed by atoms with van der Waals surface area (Å²) in [5.41, 5.74) is 0. The van der Waals surface area contributed by atoms with Crippen LogP contribution < -0.4 is 5.32 Å². The fourth-order valence-electron chi connectivity index (χ4n) is 1.73. The first-order valence-electron chi connectivity index (χ1n) is 6.07. The number of aliphatic hydroxyl groups is 1. The molecule has 1 aromatic rings. The second kappa shape index (κ2) is 7.48. The summed E-state index contributed by atoms with van der Waals surface area (Å²) >= 11 is 0. The molecule has 0 bridgehead atoms. The van der Waals surface area contributed by atoms with Crippen molar-refractivity contribution in [3.63, 3.8) is 0 Å². The van der Waals surface area contributed by atoms with Crippen molar-refractivity contribution in [1.29, 1.82) is 0 Å². The largest absolute Gasteiger partial charge is 0.462 e. The summed E-state index contributed by atoms with van der Waals surface area (Å²) in [5, 5.41) is 12.9. The molecule has 0 saturated heterocycles. The molecule has 0 aliphatic carbocycles. The van der Waals surface area contributed by atoms with Crippen LogP contribution in [0.2, 0.25) is 0 Å². The van der Waals surface area contributed by atoms with E-state index in [-0.39, 0.29) is 6.10 Å². The van der Waals surface area contributed by atoms with E-state index in [1.54, 1.807) is 7.11 Å². The summed E-state index contributed by atoms with van der Waals surface area (Å²) < 4.78 is 10.5. The van der Waals surface area contributed by atoms with Gasteiger partial charge in [-0.2, -0.15) is 0 Å². The highest BCUT2D eigenvalue weighted by Gasteiger charge is 2.07. The molecule has 1 atom stereocenters. The zero-order valence-electron chi connectivity index (χ0n) is 10.9. The maximum atomic E-state index is 9.67. The second-order valence-corrected chi connectivity index (χ2v) is 4.72. The zero-order valence-corrected chi connectivity index (χ0v) is 10.9. The number of hydrogen-bond donors (Lipinski definition) is 2. The number of hydrogen-bond acceptors (Lipinski definition) is 4. The maximum absolute atomic E-state index is 9.67. The molecule has 0 aliphatic heterocycles. The van der Waals surface area contributed by atoms with Crippen molar-refractivity contribution < 1.29 is 14.3 Å². The standard InChI is InChI=1S/C13H23NO3/c1-10(2)6-11(15)7-14-8-12-4-5-13(17-12)9-16-3/h4-5,10-11,14-15H,6-9H2,1-3H3. The molecule has 0 aromatic carbocycles. The van der Waals surface area contributed by atoms with Crippen LogP contribution in [0, 0.1) is 5.92 Å². The monoisotopic (exact) mass is 241 g/mol. The van der Waals surface area contributed by atoms with Gasteiger partial charge in [-0.05, 0) is 24.5 Å². The van der Waals surface area contributed by atoms with Crippen LogP contribution in [-0.2, 0) is 17.9 Å². The maximum Gasteiger partial charge on any atom is 0.129 e. The van der Waals surface area contributed by atoms with Crippen LogP contribution in [0.15, 0.2) is 16.5 Å². The lowest BCUT2D eigenvalue weighted by molar-refractivity contribution is 0.144. The van der Waals surface area contributed by atoms with Crippen LogP contribution in [0.4, 0.5) is 0 Å². The number of furan rings is 1. The van der Waals surface area contributed by atoms with E-state index in [2.05, 4.69) is 19.2 Å². The first-order valence-corrected chi connectivity index (χ1v) is 6.07. The fourth-order valence-corrected chi connectivity index (χ4v) is 1.73. The number of ether oxygens (including phenoxy) is 1. The molecule has 0 saturated carbocycles. The minimum absolute atomic E-state index is 0.289. The Kier molecular flexibility index (Phi) is 6.26. The summed E-state index contributed by atoms with van der Waals surface area (Å²) in [6, 6.07) is 3.83. The number of rotatable bonds is 8. The molecule has 1 rings (SSSR count). The van der Waals surface area contributed by atoms with Gasteiger partial charge < -0.3 is 19.6 Å². The third kappa shape index (κ3) is 5.86. The highest BCUT2D eigenvalue weighted by Crippen LogP contribution is 2.09. The van der Waals surface area contributed by atoms with Gasteiger partial charge in [0.2, 0.25) is 0 Å². The van der Waals surface area contributed by atoms with Crippen molar-refractivity contribution in [3.05, 3.63) is 23.7 Å². The molecule has 1 unspecified atom stereocenters. The highest BCUT2D eigenvalue weighted by molar-refractivity contribution is 5.06. The van der Waals surface area contributed by atoms with Gasteiger partial charge >= 0.3 is 0 Å². The van der Waals surface area contributed by atoms with Crippen LogP contribution in [0.25, 0.3) is 0 Å². The van der Waals surface area contributed by atoms with Gasteiger partial charge in [-0.1, -0.05) is 13.8 Å². The van der Waals surface area contributed by atoms with E-state index in [4.69, 9.17) is 9.15 Å². The van der Waals surface area contributed by atoms with Gasteiger partial charge in [0.05, 0.1) is 12.6 Å². The third-order valence-electron chi connectivity index (χ3n) is 2.43. The van der Waals surface area contributed by atoms with E-state index < -0.39 is 0 Å². The van der Waals surface area contributed by atoms with Crippen LogP contribution in [0.5, 0.6) is 0 Å². The molecule has 1 heterocycles. The van der Waals surface area contributed by atoms with Gasteiger partial charge in [-0.3, -0.25) is 0 Å². The Balaban J connectivity index is 2.21. The van der Waals surface area contributed by atoms with Crippen molar-refractivity contribution in [2.75, 3.05) is 13.7 Å². The Labute approximate surface area is 103 Å². The normalized spacial score (nSPS) is 13.2. The van der Waals surface area contributed by atoms with Crippen LogP contribution >= 0.6 is 0 Å². The molecule has 98 valence electrons. The Morgan fingerprint density at radius 2 is 2.06 bits per heavy atom. The zero-order chi connectivity index (χ0) is 12.7. The predicted molar refractivity (Wildman–Crippen MR) is 66.6 cm³/mol. The van der Waals surface area contributed by atoms with E-state index in [0.717, 1.165) is 17.9 Å². The first kappa shape index (κ1) is 14.2. The molecule has 0 radical (unpaired) electrons. The van der Waals surface area contributed by atoms with Crippen molar-refractivity contribution in [2.24, 2.45) is 5.92 Å². The number of nitrogens with one attached hydrogen (secondary N) is 1. The van der Waals surface area contributed by atoms with Crippen LogP contribution in [-0.4, -0.2) is 24.9 Å². The quantitative estimate of drug-likeness (QED) is 0.730. The lowest BCUT2D eigenvalue weighted by Gasteiger charge is -2.13. The van der Waals surface area contributed by atoms with Crippen molar-refractivity contribution in [2.45, 2.75) is 39.5 Å². The van der Waals surface area contributed by atoms with Crippen LogP contribution in [0.3, 0.4) is 0 Å². The molecule has 0 aliphatic rings. The minimum atomic E-state index is -0.289. The van der Waals surface area contributed by atoms with Gasteiger partial charge in [0, 0.05) is 13.7 Å². The van der Waals surface area contributed by atoms with E-state index in [1.807, 2.05) is 12.1 Å². The molecular weight excluding hydrogens is 218 g/mol. The summed E-state index contributed by atoms with van der Waals surface area (Å²) in [4.78, 5) is 0. The summed E-state index contributed by atoms with van der Waals surface area (Å²) in [7, 11) is 1.64. The van der Waals surface area contributed by atoms with E-state index in [1.165, 1.54) is 0 Å². The molecule has 0 fully saturated rings. The fraction of sp³-hybridized carbons (Fsp3) is 0.692. The van der Waals surface area contributed by atoms with Gasteiger partial charge in [0.15, 0.2) is 0 Å². The molecule has 1 aromatic heterocycles. The van der Waals surface area contributed by atoms with Crippen LogP contribution in [0.1, 0.15) is 31.8 Å². The summed E-state index contributed by atoms with van der Waals surface area (Å²) in [6.45, 7) is 5.94. The van der Waals surface area contributed by atoms with Gasteiger partial charge in [-0.15, -0.1) is 0 Å². The number of methoxy groups -OCH3 is 1. The summed E-state index contributed by atoms with van der Waals surface area (Å²) in [5.74, 6) is 2.21. The van der Waals surface area contributed by atoms with Crippen molar-refractivity contribution in [1.82, 2.24) is 5.32 Å². The topological polar surface area (TPSA) is 54.6 Å². The molecular formula is C13H23NO3. The SMILES string of the molecule is COCc1ccc(CNCC(O)CC(C)C)o1. The third-order valence-corrected chi connectivity index (χ3v) is 2.43. The predicted octanol–water partition coefficient (Wildman–Crippen LogP) is 1.92. The Bertz CT molecular complexity index is 309. The Morgan fingerprint density at radius 1 is 1.35 bits per heavy atom. The minimum Gasteiger partial charge on any atom is -0.462 e. The smallest absolute Gasteiger partial charge is 0.129 e. The average Bonchev–Trinajstić information content (AvgIpc) is 2.65. The molecule has 2 N–H and O–H groups in total. The lowest BCUT2D eigenvalue weighted by Crippen LogP contribution is -2.27. The second-order valence-electron chi connectivity index (χ2n) is 4.72. The Morgan fingerprint density at radius 3 is 2.71 bits per heavy atom. The number of aliphatic hydroxyl groups excluding tert-OH is 1.